The number of imidazole rings is 1. The van der Waals surface area contributed by atoms with E-state index < -0.39 is 0 Å². The van der Waals surface area contributed by atoms with Gasteiger partial charge in [0.1, 0.15) is 11.5 Å². The molecule has 0 amide bonds. The number of rotatable bonds is 2. The Kier molecular flexibility index (Phi) is 2.68. The van der Waals surface area contributed by atoms with Gasteiger partial charge in [0, 0.05) is 41.3 Å². The van der Waals surface area contributed by atoms with Crippen molar-refractivity contribution >= 4 is 22.1 Å². The van der Waals surface area contributed by atoms with Crippen LogP contribution in [0.25, 0.3) is 27.5 Å². The Hall–Kier alpha value is -2.73. The smallest absolute Gasteiger partial charge is 0.196 e. The van der Waals surface area contributed by atoms with Crippen LogP contribution in [0.1, 0.15) is 0 Å². The standard InChI is InChI=1S/C15H11N5S/c16-14-13(10-3-6-17-7-4-10)19-15-20(14)12(9-21-15)11-2-1-5-18-8-11/h1-9H,16H2. The molecule has 5 nitrogen and oxygen atoms in total. The molecule has 4 rings (SSSR count). The van der Waals surface area contributed by atoms with Crippen LogP contribution < -0.4 is 5.73 Å². The molecule has 2 N–H and O–H groups in total. The first-order valence-electron chi connectivity index (χ1n) is 6.41. The number of aromatic nitrogens is 4. The normalized spacial score (nSPS) is 11.0. The van der Waals surface area contributed by atoms with E-state index in [2.05, 4.69) is 15.0 Å². The molecule has 0 aliphatic rings. The number of nitrogens with two attached hydrogens (primary N) is 1. The Balaban J connectivity index is 1.95. The van der Waals surface area contributed by atoms with Crippen molar-refractivity contribution in [2.45, 2.75) is 0 Å². The summed E-state index contributed by atoms with van der Waals surface area (Å²) in [5.74, 6) is 0.635. The van der Waals surface area contributed by atoms with Crippen molar-refractivity contribution in [3.05, 3.63) is 54.4 Å². The first-order valence-corrected chi connectivity index (χ1v) is 7.29. The van der Waals surface area contributed by atoms with E-state index in [0.717, 1.165) is 27.5 Å². The highest BCUT2D eigenvalue weighted by Gasteiger charge is 2.16. The molecule has 0 bridgehead atoms. The van der Waals surface area contributed by atoms with Crippen LogP contribution in [0.15, 0.2) is 54.4 Å². The summed E-state index contributed by atoms with van der Waals surface area (Å²) in [6.45, 7) is 0. The topological polar surface area (TPSA) is 69.1 Å². The molecule has 0 saturated heterocycles. The molecule has 21 heavy (non-hydrogen) atoms. The maximum absolute atomic E-state index is 6.32. The third-order valence-electron chi connectivity index (χ3n) is 3.31. The van der Waals surface area contributed by atoms with E-state index in [1.165, 1.54) is 0 Å². The fourth-order valence-corrected chi connectivity index (χ4v) is 3.22. The van der Waals surface area contributed by atoms with E-state index in [-0.39, 0.29) is 0 Å². The maximum atomic E-state index is 6.32. The predicted octanol–water partition coefficient (Wildman–Crippen LogP) is 3.10. The fourth-order valence-electron chi connectivity index (χ4n) is 2.32. The molecular formula is C15H11N5S. The lowest BCUT2D eigenvalue weighted by molar-refractivity contribution is 1.23. The van der Waals surface area contributed by atoms with Crippen molar-refractivity contribution in [3.8, 4) is 22.5 Å². The molecule has 0 aliphatic carbocycles. The molecule has 0 saturated carbocycles. The van der Waals surface area contributed by atoms with Gasteiger partial charge in [-0.05, 0) is 24.3 Å². The van der Waals surface area contributed by atoms with Crippen LogP contribution in [0.5, 0.6) is 0 Å². The minimum atomic E-state index is 0.635. The molecule has 0 atom stereocenters. The molecule has 0 spiro atoms. The maximum Gasteiger partial charge on any atom is 0.196 e. The van der Waals surface area contributed by atoms with Crippen LogP contribution in [0.4, 0.5) is 5.82 Å². The highest BCUT2D eigenvalue weighted by Crippen LogP contribution is 2.33. The number of hydrogen-bond acceptors (Lipinski definition) is 5. The molecule has 0 aliphatic heterocycles. The van der Waals surface area contributed by atoms with Crippen molar-refractivity contribution < 1.29 is 0 Å². The highest BCUT2D eigenvalue weighted by molar-refractivity contribution is 7.15. The first kappa shape index (κ1) is 12.0. The van der Waals surface area contributed by atoms with Gasteiger partial charge in [-0.15, -0.1) is 11.3 Å². The minimum Gasteiger partial charge on any atom is -0.383 e. The Bertz CT molecular complexity index is 896. The Labute approximate surface area is 124 Å². The second-order valence-corrected chi connectivity index (χ2v) is 5.40. The quantitative estimate of drug-likeness (QED) is 0.616. The molecule has 4 aromatic heterocycles. The average Bonchev–Trinajstić information content (AvgIpc) is 3.10. The van der Waals surface area contributed by atoms with Gasteiger partial charge in [-0.3, -0.25) is 14.4 Å². The van der Waals surface area contributed by atoms with Crippen molar-refractivity contribution in [2.75, 3.05) is 5.73 Å². The molecule has 0 fully saturated rings. The predicted molar refractivity (Wildman–Crippen MR) is 83.9 cm³/mol. The first-order chi connectivity index (χ1) is 10.3. The molecule has 0 aromatic carbocycles. The van der Waals surface area contributed by atoms with Gasteiger partial charge in [0.15, 0.2) is 4.96 Å². The molecule has 0 unspecified atom stereocenters. The minimum absolute atomic E-state index is 0.635. The van der Waals surface area contributed by atoms with Gasteiger partial charge in [-0.1, -0.05) is 0 Å². The number of anilines is 1. The van der Waals surface area contributed by atoms with Crippen molar-refractivity contribution in [1.82, 2.24) is 19.4 Å². The SMILES string of the molecule is Nc1c(-c2ccncc2)nc2scc(-c3cccnc3)n12. The summed E-state index contributed by atoms with van der Waals surface area (Å²) in [7, 11) is 0. The number of fused-ring (bicyclic) bond motifs is 1. The molecule has 102 valence electrons. The number of nitrogens with zero attached hydrogens (tertiary/aromatic N) is 4. The lowest BCUT2D eigenvalue weighted by atomic mass is 10.2. The van der Waals surface area contributed by atoms with Gasteiger partial charge in [0.05, 0.1) is 5.69 Å². The number of thiazole rings is 1. The summed E-state index contributed by atoms with van der Waals surface area (Å²) in [5.41, 5.74) is 10.1. The van der Waals surface area contributed by atoms with Crippen molar-refractivity contribution in [3.63, 3.8) is 0 Å². The average molecular weight is 293 g/mol. The summed E-state index contributed by atoms with van der Waals surface area (Å²) >= 11 is 1.57. The van der Waals surface area contributed by atoms with Gasteiger partial charge in [-0.25, -0.2) is 4.98 Å². The lowest BCUT2D eigenvalue weighted by Gasteiger charge is -2.02. The molecule has 4 aromatic rings. The number of nitrogen functional groups attached to an aromatic ring is 1. The second kappa shape index (κ2) is 4.68. The Morgan fingerprint density at radius 2 is 1.86 bits per heavy atom. The zero-order valence-electron chi connectivity index (χ0n) is 11.0. The van der Waals surface area contributed by atoms with Gasteiger partial charge in [0.2, 0.25) is 0 Å². The zero-order valence-corrected chi connectivity index (χ0v) is 11.8. The van der Waals surface area contributed by atoms with Gasteiger partial charge < -0.3 is 5.73 Å². The van der Waals surface area contributed by atoms with Gasteiger partial charge >= 0.3 is 0 Å². The fraction of sp³-hybridized carbons (Fsp3) is 0. The van der Waals surface area contributed by atoms with E-state index in [0.29, 0.717) is 5.82 Å². The largest absolute Gasteiger partial charge is 0.383 e. The summed E-state index contributed by atoms with van der Waals surface area (Å²) in [4.78, 5) is 13.7. The summed E-state index contributed by atoms with van der Waals surface area (Å²) < 4.78 is 1.97. The van der Waals surface area contributed by atoms with Crippen LogP contribution in [-0.4, -0.2) is 19.4 Å². The van der Waals surface area contributed by atoms with Gasteiger partial charge in [-0.2, -0.15) is 0 Å². The molecule has 4 heterocycles. The Morgan fingerprint density at radius 1 is 1.00 bits per heavy atom. The number of hydrogen-bond donors (Lipinski definition) is 1. The van der Waals surface area contributed by atoms with Crippen LogP contribution in [0.3, 0.4) is 0 Å². The van der Waals surface area contributed by atoms with Crippen LogP contribution in [0, 0.1) is 0 Å². The lowest BCUT2D eigenvalue weighted by Crippen LogP contribution is -1.95. The second-order valence-electron chi connectivity index (χ2n) is 4.56. The zero-order chi connectivity index (χ0) is 14.2. The third kappa shape index (κ3) is 1.88. The van der Waals surface area contributed by atoms with E-state index in [9.17, 15) is 0 Å². The summed E-state index contributed by atoms with van der Waals surface area (Å²) in [5, 5.41) is 2.05. The van der Waals surface area contributed by atoms with E-state index in [1.807, 2.05) is 40.2 Å². The van der Waals surface area contributed by atoms with Crippen LogP contribution >= 0.6 is 11.3 Å². The highest BCUT2D eigenvalue weighted by atomic mass is 32.1. The van der Waals surface area contributed by atoms with Gasteiger partial charge in [0.25, 0.3) is 0 Å². The third-order valence-corrected chi connectivity index (χ3v) is 4.14. The molecular weight excluding hydrogens is 282 g/mol. The summed E-state index contributed by atoms with van der Waals surface area (Å²) in [6.07, 6.45) is 7.06. The van der Waals surface area contributed by atoms with E-state index >= 15 is 0 Å². The van der Waals surface area contributed by atoms with Crippen LogP contribution in [0.2, 0.25) is 0 Å². The van der Waals surface area contributed by atoms with Crippen molar-refractivity contribution in [1.29, 1.82) is 0 Å². The van der Waals surface area contributed by atoms with E-state index in [1.54, 1.807) is 29.9 Å². The molecule has 6 heteroatoms. The monoisotopic (exact) mass is 293 g/mol. The number of pyridine rings is 2. The van der Waals surface area contributed by atoms with Crippen molar-refractivity contribution in [2.24, 2.45) is 0 Å². The van der Waals surface area contributed by atoms with Crippen LogP contribution in [-0.2, 0) is 0 Å². The van der Waals surface area contributed by atoms with E-state index in [4.69, 9.17) is 5.73 Å². The Morgan fingerprint density at radius 3 is 2.62 bits per heavy atom. The molecule has 0 radical (unpaired) electrons. The summed E-state index contributed by atoms with van der Waals surface area (Å²) in [6, 6.07) is 7.74.